The van der Waals surface area contributed by atoms with Crippen LogP contribution < -0.4 is 0 Å². The first-order valence-electron chi connectivity index (χ1n) is 8.62. The molecule has 1 aliphatic heterocycles. The Labute approximate surface area is 151 Å². The third-order valence-electron chi connectivity index (χ3n) is 4.72. The van der Waals surface area contributed by atoms with E-state index >= 15 is 0 Å². The van der Waals surface area contributed by atoms with Gasteiger partial charge in [-0.25, -0.2) is 4.39 Å². The molecule has 1 aromatic carbocycles. The molecular weight excluding hydrogens is 339 g/mol. The van der Waals surface area contributed by atoms with Crippen LogP contribution in [0.15, 0.2) is 29.6 Å². The quantitative estimate of drug-likeness (QED) is 0.793. The van der Waals surface area contributed by atoms with Gasteiger partial charge in [0.05, 0.1) is 0 Å². The van der Waals surface area contributed by atoms with Gasteiger partial charge < -0.3 is 9.80 Å². The van der Waals surface area contributed by atoms with E-state index in [0.717, 1.165) is 44.5 Å². The molecule has 7 heteroatoms. The molecule has 134 valence electrons. The number of nitrogens with zero attached hydrogens (tertiary/aromatic N) is 4. The summed E-state index contributed by atoms with van der Waals surface area (Å²) in [5.41, 5.74) is 1.19. The van der Waals surface area contributed by atoms with Crippen molar-refractivity contribution >= 4 is 17.4 Å². The number of rotatable bonds is 6. The molecule has 0 spiro atoms. The lowest BCUT2D eigenvalue weighted by molar-refractivity contribution is 0.0724. The van der Waals surface area contributed by atoms with Gasteiger partial charge in [0.25, 0.3) is 5.91 Å². The van der Waals surface area contributed by atoms with Crippen LogP contribution in [0.2, 0.25) is 0 Å². The second-order valence-corrected chi connectivity index (χ2v) is 7.24. The number of carbonyl (C=O) groups is 1. The van der Waals surface area contributed by atoms with Crippen molar-refractivity contribution in [2.45, 2.75) is 19.3 Å². The lowest BCUT2D eigenvalue weighted by Crippen LogP contribution is -2.42. The van der Waals surface area contributed by atoms with Crippen LogP contribution >= 0.6 is 11.5 Å². The highest BCUT2D eigenvalue weighted by atomic mass is 32.1. The van der Waals surface area contributed by atoms with Gasteiger partial charge in [0.15, 0.2) is 5.69 Å². The maximum atomic E-state index is 13.7. The highest BCUT2D eigenvalue weighted by Gasteiger charge is 2.24. The van der Waals surface area contributed by atoms with Crippen molar-refractivity contribution in [3.63, 3.8) is 0 Å². The van der Waals surface area contributed by atoms with Gasteiger partial charge in [-0.2, -0.15) is 0 Å². The predicted molar refractivity (Wildman–Crippen MR) is 96.1 cm³/mol. The summed E-state index contributed by atoms with van der Waals surface area (Å²) < 4.78 is 17.5. The standard InChI is InChI=1S/C18H23FN4OS/c1-22(18(24)17-13-25-21-20-17)11-14-5-4-9-23(12-14)10-8-15-6-2-3-7-16(15)19/h2-3,6-7,13-14H,4-5,8-12H2,1H3/t14-/m1/s1. The monoisotopic (exact) mass is 362 g/mol. The summed E-state index contributed by atoms with van der Waals surface area (Å²) in [7, 11) is 1.82. The zero-order valence-corrected chi connectivity index (χ0v) is 15.2. The Morgan fingerprint density at radius 1 is 1.44 bits per heavy atom. The third kappa shape index (κ3) is 4.83. The van der Waals surface area contributed by atoms with Crippen LogP contribution in [0.3, 0.4) is 0 Å². The first-order chi connectivity index (χ1) is 12.1. The summed E-state index contributed by atoms with van der Waals surface area (Å²) in [6.07, 6.45) is 2.95. The maximum Gasteiger partial charge on any atom is 0.275 e. The number of likely N-dealkylation sites (tertiary alicyclic amines) is 1. The number of hydrogen-bond acceptors (Lipinski definition) is 5. The van der Waals surface area contributed by atoms with E-state index in [1.165, 1.54) is 17.6 Å². The molecule has 5 nitrogen and oxygen atoms in total. The van der Waals surface area contributed by atoms with Crippen molar-refractivity contribution in [1.29, 1.82) is 0 Å². The van der Waals surface area contributed by atoms with Crippen molar-refractivity contribution in [3.8, 4) is 0 Å². The second-order valence-electron chi connectivity index (χ2n) is 6.63. The van der Waals surface area contributed by atoms with Crippen molar-refractivity contribution in [3.05, 3.63) is 46.7 Å². The average molecular weight is 362 g/mol. The van der Waals surface area contributed by atoms with Crippen molar-refractivity contribution in [2.75, 3.05) is 33.2 Å². The highest BCUT2D eigenvalue weighted by molar-refractivity contribution is 7.03. The fourth-order valence-corrected chi connectivity index (χ4v) is 3.84. The van der Waals surface area contributed by atoms with E-state index < -0.39 is 0 Å². The topological polar surface area (TPSA) is 49.3 Å². The van der Waals surface area contributed by atoms with Gasteiger partial charge in [0, 0.05) is 32.1 Å². The molecule has 0 unspecified atom stereocenters. The highest BCUT2D eigenvalue weighted by Crippen LogP contribution is 2.19. The minimum Gasteiger partial charge on any atom is -0.340 e. The summed E-state index contributed by atoms with van der Waals surface area (Å²) in [5.74, 6) is 0.241. The van der Waals surface area contributed by atoms with E-state index in [-0.39, 0.29) is 11.7 Å². The molecule has 1 fully saturated rings. The Morgan fingerprint density at radius 3 is 3.04 bits per heavy atom. The van der Waals surface area contributed by atoms with E-state index in [4.69, 9.17) is 0 Å². The number of carbonyl (C=O) groups excluding carboxylic acids is 1. The molecule has 0 saturated carbocycles. The van der Waals surface area contributed by atoms with Crippen LogP contribution in [0.4, 0.5) is 4.39 Å². The Hall–Kier alpha value is -1.86. The van der Waals surface area contributed by atoms with E-state index in [0.29, 0.717) is 18.2 Å². The number of halogens is 1. The van der Waals surface area contributed by atoms with Crippen LogP contribution in [0.25, 0.3) is 0 Å². The van der Waals surface area contributed by atoms with Crippen LogP contribution in [-0.2, 0) is 6.42 Å². The van der Waals surface area contributed by atoms with Gasteiger partial charge in [-0.1, -0.05) is 22.7 Å². The number of piperidine rings is 1. The average Bonchev–Trinajstić information content (AvgIpc) is 3.15. The fraction of sp³-hybridized carbons (Fsp3) is 0.500. The van der Waals surface area contributed by atoms with Gasteiger partial charge in [0.2, 0.25) is 0 Å². The van der Waals surface area contributed by atoms with Crippen LogP contribution in [0, 0.1) is 11.7 Å². The van der Waals surface area contributed by atoms with E-state index in [1.807, 2.05) is 19.2 Å². The molecule has 1 aromatic heterocycles. The Kier molecular flexibility index (Phi) is 6.09. The minimum absolute atomic E-state index is 0.0720. The van der Waals surface area contributed by atoms with Crippen molar-refractivity contribution < 1.29 is 9.18 Å². The SMILES string of the molecule is CN(C[C@H]1CCCN(CCc2ccccc2F)C1)C(=O)c1csnn1. The van der Waals surface area contributed by atoms with E-state index in [1.54, 1.807) is 16.3 Å². The molecule has 3 rings (SSSR count). The Balaban J connectivity index is 1.49. The predicted octanol–water partition coefficient (Wildman–Crippen LogP) is 2.70. The third-order valence-corrected chi connectivity index (χ3v) is 5.22. The minimum atomic E-state index is -0.127. The summed E-state index contributed by atoms with van der Waals surface area (Å²) in [4.78, 5) is 16.4. The summed E-state index contributed by atoms with van der Waals surface area (Å²) in [6.45, 7) is 3.55. The zero-order chi connectivity index (χ0) is 17.6. The van der Waals surface area contributed by atoms with Crippen LogP contribution in [0.1, 0.15) is 28.9 Å². The normalized spacial score (nSPS) is 18.2. The molecule has 2 aromatic rings. The molecule has 1 aliphatic rings. The molecule has 0 radical (unpaired) electrons. The van der Waals surface area contributed by atoms with Crippen molar-refractivity contribution in [1.82, 2.24) is 19.4 Å². The van der Waals surface area contributed by atoms with Gasteiger partial charge in [-0.05, 0) is 54.9 Å². The molecule has 2 heterocycles. The Morgan fingerprint density at radius 2 is 2.28 bits per heavy atom. The lowest BCUT2D eigenvalue weighted by atomic mass is 9.97. The smallest absolute Gasteiger partial charge is 0.275 e. The second kappa shape index (κ2) is 8.49. The van der Waals surface area contributed by atoms with Gasteiger partial charge in [0.1, 0.15) is 5.82 Å². The summed E-state index contributed by atoms with van der Waals surface area (Å²) in [6, 6.07) is 6.97. The van der Waals surface area contributed by atoms with Crippen molar-refractivity contribution in [2.24, 2.45) is 5.92 Å². The number of benzene rings is 1. The van der Waals surface area contributed by atoms with Crippen LogP contribution in [0.5, 0.6) is 0 Å². The molecule has 25 heavy (non-hydrogen) atoms. The molecular formula is C18H23FN4OS. The van der Waals surface area contributed by atoms with E-state index in [9.17, 15) is 9.18 Å². The fourth-order valence-electron chi connectivity index (χ4n) is 3.41. The summed E-state index contributed by atoms with van der Waals surface area (Å²) >= 11 is 1.19. The Bertz CT molecular complexity index is 694. The number of aromatic nitrogens is 2. The molecule has 0 N–H and O–H groups in total. The first-order valence-corrected chi connectivity index (χ1v) is 9.45. The maximum absolute atomic E-state index is 13.7. The van der Waals surface area contributed by atoms with Gasteiger partial charge in [-0.15, -0.1) is 5.10 Å². The molecule has 1 saturated heterocycles. The number of amides is 1. The zero-order valence-electron chi connectivity index (χ0n) is 14.4. The largest absolute Gasteiger partial charge is 0.340 e. The van der Waals surface area contributed by atoms with Crippen LogP contribution in [-0.4, -0.2) is 58.5 Å². The molecule has 1 atom stereocenters. The van der Waals surface area contributed by atoms with E-state index in [2.05, 4.69) is 14.5 Å². The lowest BCUT2D eigenvalue weighted by Gasteiger charge is -2.34. The number of hydrogen-bond donors (Lipinski definition) is 0. The van der Waals surface area contributed by atoms with Gasteiger partial charge >= 0.3 is 0 Å². The first kappa shape index (κ1) is 17.9. The summed E-state index contributed by atoms with van der Waals surface area (Å²) in [5, 5.41) is 5.53. The molecule has 1 amide bonds. The molecule has 0 aliphatic carbocycles. The molecule has 0 bridgehead atoms. The van der Waals surface area contributed by atoms with Gasteiger partial charge in [-0.3, -0.25) is 4.79 Å².